The minimum atomic E-state index is 0.685. The third-order valence-electron chi connectivity index (χ3n) is 2.81. The van der Waals surface area contributed by atoms with E-state index in [1.165, 1.54) is 0 Å². The van der Waals surface area contributed by atoms with Crippen molar-refractivity contribution in [1.29, 1.82) is 0 Å². The number of para-hydroxylation sites is 2. The van der Waals surface area contributed by atoms with Gasteiger partial charge in [-0.25, -0.2) is 0 Å². The highest BCUT2D eigenvalue weighted by atomic mass is 16.5. The molecule has 0 atom stereocenters. The first kappa shape index (κ1) is 11.4. The van der Waals surface area contributed by atoms with E-state index in [1.807, 2.05) is 54.6 Å². The van der Waals surface area contributed by atoms with Gasteiger partial charge in [-0.3, -0.25) is 0 Å². The molecule has 0 unspecified atom stereocenters. The first-order valence-corrected chi connectivity index (χ1v) is 5.87. The summed E-state index contributed by atoms with van der Waals surface area (Å²) in [6, 6.07) is 17.4. The Morgan fingerprint density at radius 3 is 2.47 bits per heavy atom. The number of rotatable bonds is 3. The van der Waals surface area contributed by atoms with Gasteiger partial charge in [0.05, 0.1) is 7.11 Å². The maximum Gasteiger partial charge on any atom is 0.187 e. The van der Waals surface area contributed by atoms with Crippen molar-refractivity contribution in [3.05, 3.63) is 54.6 Å². The van der Waals surface area contributed by atoms with Crippen LogP contribution in [-0.4, -0.2) is 27.3 Å². The summed E-state index contributed by atoms with van der Waals surface area (Å²) in [7, 11) is 1.63. The second-order valence-electron chi connectivity index (χ2n) is 3.95. The lowest BCUT2D eigenvalue weighted by Crippen LogP contribution is -2.02. The molecular weight excluding hydrogens is 240 g/mol. The number of aromatic nitrogens is 4. The highest BCUT2D eigenvalue weighted by Gasteiger charge is 2.13. The minimum Gasteiger partial charge on any atom is -0.494 e. The lowest BCUT2D eigenvalue weighted by molar-refractivity contribution is 0.411. The van der Waals surface area contributed by atoms with Gasteiger partial charge in [-0.2, -0.15) is 4.68 Å². The molecule has 0 saturated carbocycles. The summed E-state index contributed by atoms with van der Waals surface area (Å²) in [5.41, 5.74) is 1.77. The summed E-state index contributed by atoms with van der Waals surface area (Å²) in [6.45, 7) is 0. The Balaban J connectivity index is 2.15. The Kier molecular flexibility index (Phi) is 2.94. The quantitative estimate of drug-likeness (QED) is 0.718. The van der Waals surface area contributed by atoms with E-state index in [0.717, 1.165) is 17.0 Å². The van der Waals surface area contributed by atoms with Gasteiger partial charge in [-0.1, -0.05) is 42.5 Å². The van der Waals surface area contributed by atoms with Gasteiger partial charge >= 0.3 is 0 Å². The average Bonchev–Trinajstić information content (AvgIpc) is 2.97. The van der Waals surface area contributed by atoms with Crippen LogP contribution >= 0.6 is 0 Å². The fraction of sp³-hybridized carbons (Fsp3) is 0.0714. The fourth-order valence-electron chi connectivity index (χ4n) is 1.92. The van der Waals surface area contributed by atoms with Crippen molar-refractivity contribution >= 4 is 0 Å². The zero-order chi connectivity index (χ0) is 13.1. The zero-order valence-electron chi connectivity index (χ0n) is 10.4. The standard InChI is InChI=1S/C14H12N4O/c1-19-13-10-6-5-9-12(13)18-14(15-16-17-18)11-7-3-2-4-8-11/h2-10H,1H3. The van der Waals surface area contributed by atoms with Crippen molar-refractivity contribution in [1.82, 2.24) is 20.2 Å². The number of benzene rings is 2. The van der Waals surface area contributed by atoms with Gasteiger partial charge in [-0.15, -0.1) is 5.10 Å². The van der Waals surface area contributed by atoms with Crippen molar-refractivity contribution in [2.45, 2.75) is 0 Å². The van der Waals surface area contributed by atoms with Crippen molar-refractivity contribution in [2.24, 2.45) is 0 Å². The predicted octanol–water partition coefficient (Wildman–Crippen LogP) is 2.34. The molecule has 3 aromatic rings. The van der Waals surface area contributed by atoms with E-state index in [4.69, 9.17) is 4.74 Å². The van der Waals surface area contributed by atoms with Crippen LogP contribution in [0.1, 0.15) is 0 Å². The predicted molar refractivity (Wildman–Crippen MR) is 71.1 cm³/mol. The number of tetrazole rings is 1. The molecule has 19 heavy (non-hydrogen) atoms. The molecule has 5 nitrogen and oxygen atoms in total. The first-order chi connectivity index (χ1) is 9.40. The van der Waals surface area contributed by atoms with Gasteiger partial charge in [0.15, 0.2) is 5.82 Å². The van der Waals surface area contributed by atoms with Crippen LogP contribution in [0.3, 0.4) is 0 Å². The third kappa shape index (κ3) is 2.06. The van der Waals surface area contributed by atoms with E-state index in [-0.39, 0.29) is 0 Å². The summed E-state index contributed by atoms with van der Waals surface area (Å²) in [5.74, 6) is 1.41. The highest BCUT2D eigenvalue weighted by molar-refractivity contribution is 5.59. The first-order valence-electron chi connectivity index (χ1n) is 5.87. The molecule has 0 saturated heterocycles. The van der Waals surface area contributed by atoms with Gasteiger partial charge in [0, 0.05) is 5.56 Å². The summed E-state index contributed by atoms with van der Waals surface area (Å²) in [4.78, 5) is 0. The molecule has 0 aliphatic heterocycles. The molecule has 0 aliphatic rings. The molecule has 0 N–H and O–H groups in total. The summed E-state index contributed by atoms with van der Waals surface area (Å²) < 4.78 is 7.02. The van der Waals surface area contributed by atoms with E-state index in [9.17, 15) is 0 Å². The summed E-state index contributed by atoms with van der Waals surface area (Å²) in [6.07, 6.45) is 0. The second kappa shape index (κ2) is 4.89. The zero-order valence-corrected chi connectivity index (χ0v) is 10.4. The Morgan fingerprint density at radius 2 is 1.68 bits per heavy atom. The SMILES string of the molecule is COc1ccccc1-n1nnnc1-c1ccccc1. The fourth-order valence-corrected chi connectivity index (χ4v) is 1.92. The molecule has 1 heterocycles. The number of hydrogen-bond donors (Lipinski definition) is 0. The Bertz CT molecular complexity index is 679. The van der Waals surface area contributed by atoms with Crippen LogP contribution in [0.5, 0.6) is 5.75 Å². The Hall–Kier alpha value is -2.69. The summed E-state index contributed by atoms with van der Waals surface area (Å²) >= 11 is 0. The maximum absolute atomic E-state index is 5.34. The number of methoxy groups -OCH3 is 1. The normalized spacial score (nSPS) is 10.4. The highest BCUT2D eigenvalue weighted by Crippen LogP contribution is 2.25. The van der Waals surface area contributed by atoms with Crippen LogP contribution < -0.4 is 4.74 Å². The molecular formula is C14H12N4O. The van der Waals surface area contributed by atoms with Crippen LogP contribution in [-0.2, 0) is 0 Å². The molecule has 3 rings (SSSR count). The number of hydrogen-bond acceptors (Lipinski definition) is 4. The van der Waals surface area contributed by atoms with Crippen LogP contribution in [0, 0.1) is 0 Å². The average molecular weight is 252 g/mol. The van der Waals surface area contributed by atoms with Crippen molar-refractivity contribution in [2.75, 3.05) is 7.11 Å². The van der Waals surface area contributed by atoms with Crippen LogP contribution in [0.25, 0.3) is 17.1 Å². The third-order valence-corrected chi connectivity index (χ3v) is 2.81. The molecule has 0 amide bonds. The molecule has 1 aromatic heterocycles. The van der Waals surface area contributed by atoms with Gasteiger partial charge in [0.1, 0.15) is 11.4 Å². The lowest BCUT2D eigenvalue weighted by Gasteiger charge is -2.09. The minimum absolute atomic E-state index is 0.685. The molecule has 2 aromatic carbocycles. The largest absolute Gasteiger partial charge is 0.494 e. The summed E-state index contributed by atoms with van der Waals surface area (Å²) in [5, 5.41) is 11.9. The molecule has 94 valence electrons. The Morgan fingerprint density at radius 1 is 0.947 bits per heavy atom. The van der Waals surface area contributed by atoms with Gasteiger partial charge in [0.25, 0.3) is 0 Å². The Labute approximate surface area is 110 Å². The molecule has 0 radical (unpaired) electrons. The lowest BCUT2D eigenvalue weighted by atomic mass is 10.2. The van der Waals surface area contributed by atoms with Crippen molar-refractivity contribution in [3.63, 3.8) is 0 Å². The van der Waals surface area contributed by atoms with E-state index in [1.54, 1.807) is 11.8 Å². The molecule has 0 spiro atoms. The molecule has 0 fully saturated rings. The molecule has 0 bridgehead atoms. The van der Waals surface area contributed by atoms with Gasteiger partial charge < -0.3 is 4.74 Å². The van der Waals surface area contributed by atoms with Crippen LogP contribution in [0.2, 0.25) is 0 Å². The van der Waals surface area contributed by atoms with E-state index in [0.29, 0.717) is 5.82 Å². The molecule has 0 aliphatic carbocycles. The van der Waals surface area contributed by atoms with Crippen LogP contribution in [0.4, 0.5) is 0 Å². The van der Waals surface area contributed by atoms with Gasteiger partial charge in [-0.05, 0) is 22.6 Å². The second-order valence-corrected chi connectivity index (χ2v) is 3.95. The maximum atomic E-state index is 5.34. The van der Waals surface area contributed by atoms with Crippen molar-refractivity contribution < 1.29 is 4.74 Å². The smallest absolute Gasteiger partial charge is 0.187 e. The van der Waals surface area contributed by atoms with E-state index in [2.05, 4.69) is 15.5 Å². The monoisotopic (exact) mass is 252 g/mol. The topological polar surface area (TPSA) is 52.8 Å². The number of nitrogens with zero attached hydrogens (tertiary/aromatic N) is 4. The van der Waals surface area contributed by atoms with E-state index >= 15 is 0 Å². The number of ether oxygens (including phenoxy) is 1. The van der Waals surface area contributed by atoms with Crippen LogP contribution in [0.15, 0.2) is 54.6 Å². The van der Waals surface area contributed by atoms with E-state index < -0.39 is 0 Å². The molecule has 5 heteroatoms. The van der Waals surface area contributed by atoms with Gasteiger partial charge in [0.2, 0.25) is 0 Å². The van der Waals surface area contributed by atoms with Crippen molar-refractivity contribution in [3.8, 4) is 22.8 Å².